The number of hydrogen-bond donors (Lipinski definition) is 0. The lowest BCUT2D eigenvalue weighted by Crippen LogP contribution is -2.40. The highest BCUT2D eigenvalue weighted by atomic mass is 16.6. The summed E-state index contributed by atoms with van der Waals surface area (Å²) < 4.78 is 5.69. The van der Waals surface area contributed by atoms with Gasteiger partial charge in [-0.15, -0.1) is 0 Å². The number of aliphatic imine (C=N–C) groups is 1. The summed E-state index contributed by atoms with van der Waals surface area (Å²) >= 11 is 0. The molecule has 3 nitrogen and oxygen atoms in total. The van der Waals surface area contributed by atoms with Gasteiger partial charge in [0.05, 0.1) is 5.71 Å². The standard InChI is InChI=1S/C24H29NO2/c1-6-7-18-24(5,22(26)27-23(2,3)4)25-21(19-14-10-8-11-15-19)20-16-12-9-13-17-20/h6-17H,18H2,1-5H3/b7-6+. The summed E-state index contributed by atoms with van der Waals surface area (Å²) in [6.07, 6.45) is 4.37. The van der Waals surface area contributed by atoms with Crippen molar-refractivity contribution in [3.63, 3.8) is 0 Å². The average molecular weight is 364 g/mol. The van der Waals surface area contributed by atoms with Gasteiger partial charge >= 0.3 is 5.97 Å². The second kappa shape index (κ2) is 8.81. The Kier molecular flexibility index (Phi) is 6.73. The number of nitrogens with zero attached hydrogens (tertiary/aromatic N) is 1. The Labute approximate surface area is 162 Å². The molecular weight excluding hydrogens is 334 g/mol. The molecule has 0 heterocycles. The number of benzene rings is 2. The van der Waals surface area contributed by atoms with Gasteiger partial charge in [-0.3, -0.25) is 4.99 Å². The molecule has 0 radical (unpaired) electrons. The van der Waals surface area contributed by atoms with Gasteiger partial charge in [0.1, 0.15) is 5.60 Å². The molecule has 1 unspecified atom stereocenters. The Bertz CT molecular complexity index is 760. The van der Waals surface area contributed by atoms with Gasteiger partial charge < -0.3 is 4.74 Å². The molecule has 1 atom stereocenters. The molecule has 3 heteroatoms. The van der Waals surface area contributed by atoms with Crippen molar-refractivity contribution in [1.82, 2.24) is 0 Å². The maximum Gasteiger partial charge on any atom is 0.334 e. The van der Waals surface area contributed by atoms with Gasteiger partial charge in [0.2, 0.25) is 0 Å². The molecule has 0 aliphatic heterocycles. The monoisotopic (exact) mass is 363 g/mol. The van der Waals surface area contributed by atoms with Crippen molar-refractivity contribution >= 4 is 11.7 Å². The Morgan fingerprint density at radius 2 is 1.41 bits per heavy atom. The number of rotatable bonds is 6. The quantitative estimate of drug-likeness (QED) is 0.381. The van der Waals surface area contributed by atoms with Crippen LogP contribution < -0.4 is 0 Å². The van der Waals surface area contributed by atoms with Gasteiger partial charge in [-0.2, -0.15) is 0 Å². The SMILES string of the molecule is C/C=C/CC(C)(N=C(c1ccccc1)c1ccccc1)C(=O)OC(C)(C)C. The second-order valence-corrected chi connectivity index (χ2v) is 7.74. The van der Waals surface area contributed by atoms with Gasteiger partial charge in [-0.05, 0) is 34.6 Å². The highest BCUT2D eigenvalue weighted by Crippen LogP contribution is 2.25. The van der Waals surface area contributed by atoms with Gasteiger partial charge in [0.15, 0.2) is 5.54 Å². The first-order chi connectivity index (χ1) is 12.7. The summed E-state index contributed by atoms with van der Waals surface area (Å²) in [5, 5.41) is 0. The topological polar surface area (TPSA) is 38.7 Å². The fourth-order valence-corrected chi connectivity index (χ4v) is 2.64. The van der Waals surface area contributed by atoms with Gasteiger partial charge in [-0.25, -0.2) is 4.79 Å². The summed E-state index contributed by atoms with van der Waals surface area (Å²) in [5.41, 5.74) is 1.15. The van der Waals surface area contributed by atoms with Crippen molar-refractivity contribution in [2.24, 2.45) is 4.99 Å². The van der Waals surface area contributed by atoms with Crippen LogP contribution in [-0.2, 0) is 9.53 Å². The second-order valence-electron chi connectivity index (χ2n) is 7.74. The minimum absolute atomic E-state index is 0.322. The van der Waals surface area contributed by atoms with Crippen molar-refractivity contribution in [2.45, 2.75) is 52.2 Å². The first-order valence-electron chi connectivity index (χ1n) is 9.30. The molecule has 142 valence electrons. The number of ether oxygens (including phenoxy) is 1. The van der Waals surface area contributed by atoms with Gasteiger partial charge in [0.25, 0.3) is 0 Å². The Morgan fingerprint density at radius 3 is 1.81 bits per heavy atom. The molecule has 2 aromatic carbocycles. The van der Waals surface area contributed by atoms with Crippen LogP contribution in [0.1, 0.15) is 52.2 Å². The smallest absolute Gasteiger partial charge is 0.334 e. The average Bonchev–Trinajstić information content (AvgIpc) is 2.64. The normalized spacial score (nSPS) is 13.8. The van der Waals surface area contributed by atoms with Crippen LogP contribution in [0.3, 0.4) is 0 Å². The van der Waals surface area contributed by atoms with Crippen LogP contribution in [0.2, 0.25) is 0 Å². The minimum Gasteiger partial charge on any atom is -0.458 e. The van der Waals surface area contributed by atoms with Crippen LogP contribution >= 0.6 is 0 Å². The number of carbonyl (C=O) groups excluding carboxylic acids is 1. The van der Waals surface area contributed by atoms with Crippen LogP contribution in [0.15, 0.2) is 77.8 Å². The van der Waals surface area contributed by atoms with Crippen LogP contribution in [0, 0.1) is 0 Å². The molecule has 27 heavy (non-hydrogen) atoms. The zero-order valence-corrected chi connectivity index (χ0v) is 16.9. The third-order valence-corrected chi connectivity index (χ3v) is 4.04. The van der Waals surface area contributed by atoms with E-state index in [1.165, 1.54) is 0 Å². The Hall–Kier alpha value is -2.68. The first kappa shape index (κ1) is 20.6. The summed E-state index contributed by atoms with van der Waals surface area (Å²) in [6.45, 7) is 9.40. The number of esters is 1. The molecule has 0 amide bonds. The summed E-state index contributed by atoms with van der Waals surface area (Å²) in [5.74, 6) is -0.322. The third kappa shape index (κ3) is 5.92. The van der Waals surface area contributed by atoms with E-state index in [2.05, 4.69) is 0 Å². The molecule has 0 spiro atoms. The molecular formula is C24H29NO2. The molecule has 0 saturated heterocycles. The number of hydrogen-bond acceptors (Lipinski definition) is 3. The fraction of sp³-hybridized carbons (Fsp3) is 0.333. The van der Waals surface area contributed by atoms with Crippen molar-refractivity contribution in [3.05, 3.63) is 83.9 Å². The molecule has 0 fully saturated rings. The lowest BCUT2D eigenvalue weighted by Gasteiger charge is -2.29. The summed E-state index contributed by atoms with van der Waals surface area (Å²) in [7, 11) is 0. The van der Waals surface area contributed by atoms with E-state index in [0.29, 0.717) is 6.42 Å². The van der Waals surface area contributed by atoms with E-state index in [4.69, 9.17) is 9.73 Å². The van der Waals surface area contributed by atoms with E-state index >= 15 is 0 Å². The summed E-state index contributed by atoms with van der Waals surface area (Å²) in [6, 6.07) is 19.9. The van der Waals surface area contributed by atoms with Crippen molar-refractivity contribution in [1.29, 1.82) is 0 Å². The van der Waals surface area contributed by atoms with Crippen molar-refractivity contribution in [3.8, 4) is 0 Å². The van der Waals surface area contributed by atoms with Crippen molar-refractivity contribution in [2.75, 3.05) is 0 Å². The Morgan fingerprint density at radius 1 is 0.926 bits per heavy atom. The minimum atomic E-state index is -1.01. The Balaban J connectivity index is 2.59. The maximum atomic E-state index is 13.0. The van der Waals surface area contributed by atoms with E-state index in [1.807, 2.05) is 107 Å². The van der Waals surface area contributed by atoms with Crippen LogP contribution in [0.25, 0.3) is 0 Å². The number of allylic oxidation sites excluding steroid dienone is 1. The third-order valence-electron chi connectivity index (χ3n) is 4.04. The van der Waals surface area contributed by atoms with E-state index in [9.17, 15) is 4.79 Å². The summed E-state index contributed by atoms with van der Waals surface area (Å²) in [4.78, 5) is 18.0. The first-order valence-corrected chi connectivity index (χ1v) is 9.30. The maximum absolute atomic E-state index is 13.0. The molecule has 0 N–H and O–H groups in total. The molecule has 2 rings (SSSR count). The van der Waals surface area contributed by atoms with E-state index in [-0.39, 0.29) is 5.97 Å². The lowest BCUT2D eigenvalue weighted by molar-refractivity contribution is -0.160. The molecule has 0 bridgehead atoms. The highest BCUT2D eigenvalue weighted by Gasteiger charge is 2.36. The molecule has 0 aliphatic carbocycles. The van der Waals surface area contributed by atoms with E-state index in [1.54, 1.807) is 0 Å². The van der Waals surface area contributed by atoms with Crippen LogP contribution in [0.4, 0.5) is 0 Å². The highest BCUT2D eigenvalue weighted by molar-refractivity contribution is 6.13. The fourth-order valence-electron chi connectivity index (χ4n) is 2.64. The van der Waals surface area contributed by atoms with Crippen molar-refractivity contribution < 1.29 is 9.53 Å². The molecule has 0 saturated carbocycles. The van der Waals surface area contributed by atoms with E-state index in [0.717, 1.165) is 16.8 Å². The molecule has 0 aromatic heterocycles. The molecule has 0 aliphatic rings. The predicted octanol–water partition coefficient (Wildman–Crippen LogP) is 5.59. The van der Waals surface area contributed by atoms with Crippen LogP contribution in [-0.4, -0.2) is 22.8 Å². The zero-order chi connectivity index (χ0) is 19.9. The number of carbonyl (C=O) groups is 1. The lowest BCUT2D eigenvalue weighted by atomic mass is 9.95. The van der Waals surface area contributed by atoms with Crippen LogP contribution in [0.5, 0.6) is 0 Å². The van der Waals surface area contributed by atoms with Gasteiger partial charge in [0, 0.05) is 17.5 Å². The molecule has 2 aromatic rings. The van der Waals surface area contributed by atoms with Gasteiger partial charge in [-0.1, -0.05) is 72.8 Å². The zero-order valence-electron chi connectivity index (χ0n) is 16.9. The largest absolute Gasteiger partial charge is 0.458 e. The predicted molar refractivity (Wildman–Crippen MR) is 112 cm³/mol. The van der Waals surface area contributed by atoms with E-state index < -0.39 is 11.1 Å².